The topological polar surface area (TPSA) is 43.2 Å². The molecule has 5 heteroatoms. The molecule has 5 nitrogen and oxygen atoms in total. The molecule has 0 bridgehead atoms. The monoisotopic (exact) mass is 274 g/mol. The number of nitrogens with zero attached hydrogens (tertiary/aromatic N) is 4. The molecule has 0 aliphatic rings. The molecule has 0 amide bonds. The summed E-state index contributed by atoms with van der Waals surface area (Å²) in [6, 6.07) is 8.19. The van der Waals surface area contributed by atoms with Crippen molar-refractivity contribution in [1.29, 1.82) is 0 Å². The highest BCUT2D eigenvalue weighted by atomic mass is 16.5. The second-order valence-corrected chi connectivity index (χ2v) is 4.95. The third-order valence-corrected chi connectivity index (χ3v) is 3.32. The van der Waals surface area contributed by atoms with E-state index in [1.807, 2.05) is 42.7 Å². The van der Waals surface area contributed by atoms with Crippen LogP contribution in [0.15, 0.2) is 24.3 Å². The van der Waals surface area contributed by atoms with Gasteiger partial charge >= 0.3 is 0 Å². The Kier molecular flexibility index (Phi) is 4.39. The van der Waals surface area contributed by atoms with Crippen LogP contribution in [-0.2, 0) is 11.3 Å². The predicted octanol–water partition coefficient (Wildman–Crippen LogP) is 2.74. The summed E-state index contributed by atoms with van der Waals surface area (Å²) in [7, 11) is 5.66. The van der Waals surface area contributed by atoms with Gasteiger partial charge in [-0.2, -0.15) is 4.98 Å². The highest BCUT2D eigenvalue weighted by Gasteiger charge is 2.13. The smallest absolute Gasteiger partial charge is 0.223 e. The standard InChI is InChI=1S/C15H22N4O/c1-6-19-15(18(3)4)16-14(17-19)13-9-7-8-12(10-13)11(2)20-5/h7-11H,6H2,1-5H3. The van der Waals surface area contributed by atoms with Crippen molar-refractivity contribution in [2.24, 2.45) is 0 Å². The Hall–Kier alpha value is -1.88. The quantitative estimate of drug-likeness (QED) is 0.841. The number of hydrogen-bond donors (Lipinski definition) is 0. The van der Waals surface area contributed by atoms with E-state index in [4.69, 9.17) is 4.74 Å². The molecule has 2 aromatic rings. The van der Waals surface area contributed by atoms with Crippen LogP contribution >= 0.6 is 0 Å². The van der Waals surface area contributed by atoms with Gasteiger partial charge in [0.25, 0.3) is 0 Å². The molecule has 0 radical (unpaired) electrons. The second-order valence-electron chi connectivity index (χ2n) is 4.95. The summed E-state index contributed by atoms with van der Waals surface area (Å²) < 4.78 is 7.27. The number of aromatic nitrogens is 3. The van der Waals surface area contributed by atoms with E-state index in [0.29, 0.717) is 0 Å². The average Bonchev–Trinajstić information content (AvgIpc) is 2.91. The van der Waals surface area contributed by atoms with Crippen molar-refractivity contribution in [3.8, 4) is 11.4 Å². The van der Waals surface area contributed by atoms with Crippen LogP contribution in [0.25, 0.3) is 11.4 Å². The van der Waals surface area contributed by atoms with Gasteiger partial charge in [0.1, 0.15) is 0 Å². The molecule has 1 aromatic carbocycles. The molecule has 0 saturated heterocycles. The molecule has 0 spiro atoms. The van der Waals surface area contributed by atoms with E-state index >= 15 is 0 Å². The zero-order valence-electron chi connectivity index (χ0n) is 12.8. The van der Waals surface area contributed by atoms with Gasteiger partial charge in [0.05, 0.1) is 6.10 Å². The lowest BCUT2D eigenvalue weighted by Gasteiger charge is -2.10. The van der Waals surface area contributed by atoms with Gasteiger partial charge in [0.2, 0.25) is 5.95 Å². The summed E-state index contributed by atoms with van der Waals surface area (Å²) in [5, 5.41) is 4.57. The van der Waals surface area contributed by atoms with Gasteiger partial charge in [-0.3, -0.25) is 0 Å². The Bertz CT molecular complexity index is 577. The van der Waals surface area contributed by atoms with Crippen molar-refractivity contribution in [2.75, 3.05) is 26.1 Å². The normalized spacial score (nSPS) is 12.4. The summed E-state index contributed by atoms with van der Waals surface area (Å²) >= 11 is 0. The first-order valence-electron chi connectivity index (χ1n) is 6.82. The van der Waals surface area contributed by atoms with Gasteiger partial charge < -0.3 is 9.64 Å². The lowest BCUT2D eigenvalue weighted by molar-refractivity contribution is 0.119. The third kappa shape index (κ3) is 2.82. The molecule has 1 atom stereocenters. The van der Waals surface area contributed by atoms with Crippen molar-refractivity contribution < 1.29 is 4.74 Å². The fraction of sp³-hybridized carbons (Fsp3) is 0.467. The maximum Gasteiger partial charge on any atom is 0.223 e. The Labute approximate surface area is 120 Å². The first-order chi connectivity index (χ1) is 9.56. The van der Waals surface area contributed by atoms with E-state index < -0.39 is 0 Å². The molecule has 0 fully saturated rings. The maximum absolute atomic E-state index is 5.36. The number of aryl methyl sites for hydroxylation is 1. The molecule has 108 valence electrons. The fourth-order valence-corrected chi connectivity index (χ4v) is 2.07. The third-order valence-electron chi connectivity index (χ3n) is 3.32. The summed E-state index contributed by atoms with van der Waals surface area (Å²) in [5.74, 6) is 1.62. The van der Waals surface area contributed by atoms with Crippen LogP contribution in [0.5, 0.6) is 0 Å². The minimum atomic E-state index is 0.0662. The first kappa shape index (κ1) is 14.5. The van der Waals surface area contributed by atoms with Crippen LogP contribution in [0.1, 0.15) is 25.5 Å². The zero-order chi connectivity index (χ0) is 14.7. The van der Waals surface area contributed by atoms with Crippen LogP contribution in [0.2, 0.25) is 0 Å². The van der Waals surface area contributed by atoms with Gasteiger partial charge in [-0.05, 0) is 25.5 Å². The molecule has 1 aromatic heterocycles. The number of anilines is 1. The molecule has 20 heavy (non-hydrogen) atoms. The van der Waals surface area contributed by atoms with Crippen molar-refractivity contribution in [3.63, 3.8) is 0 Å². The number of methoxy groups -OCH3 is 1. The van der Waals surface area contributed by atoms with Crippen LogP contribution in [-0.4, -0.2) is 36.0 Å². The first-order valence-corrected chi connectivity index (χ1v) is 6.82. The van der Waals surface area contributed by atoms with Crippen LogP contribution in [0.4, 0.5) is 5.95 Å². The Morgan fingerprint density at radius 1 is 1.35 bits per heavy atom. The van der Waals surface area contributed by atoms with E-state index in [9.17, 15) is 0 Å². The van der Waals surface area contributed by atoms with Crippen molar-refractivity contribution in [2.45, 2.75) is 26.5 Å². The van der Waals surface area contributed by atoms with Gasteiger partial charge in [-0.25, -0.2) is 4.68 Å². The zero-order valence-corrected chi connectivity index (χ0v) is 12.8. The molecule has 1 heterocycles. The molecular formula is C15H22N4O. The molecule has 2 rings (SSSR count). The molecule has 0 aliphatic carbocycles. The summed E-state index contributed by atoms with van der Waals surface area (Å²) in [6.07, 6.45) is 0.0662. The van der Waals surface area contributed by atoms with Crippen LogP contribution in [0, 0.1) is 0 Å². The lowest BCUT2D eigenvalue weighted by atomic mass is 10.1. The molecular weight excluding hydrogens is 252 g/mol. The summed E-state index contributed by atoms with van der Waals surface area (Å²) in [6.45, 7) is 4.89. The number of ether oxygens (including phenoxy) is 1. The minimum Gasteiger partial charge on any atom is -0.377 e. The van der Waals surface area contributed by atoms with E-state index in [2.05, 4.69) is 29.1 Å². The Morgan fingerprint density at radius 2 is 2.10 bits per heavy atom. The van der Waals surface area contributed by atoms with E-state index in [1.54, 1.807) is 7.11 Å². The molecule has 0 aliphatic heterocycles. The van der Waals surface area contributed by atoms with Gasteiger partial charge in [0, 0.05) is 33.3 Å². The summed E-state index contributed by atoms with van der Waals surface area (Å²) in [5.41, 5.74) is 2.14. The number of rotatable bonds is 5. The number of benzene rings is 1. The summed E-state index contributed by atoms with van der Waals surface area (Å²) in [4.78, 5) is 6.59. The van der Waals surface area contributed by atoms with Crippen molar-refractivity contribution in [3.05, 3.63) is 29.8 Å². The largest absolute Gasteiger partial charge is 0.377 e. The van der Waals surface area contributed by atoms with Gasteiger partial charge in [-0.15, -0.1) is 5.10 Å². The average molecular weight is 274 g/mol. The van der Waals surface area contributed by atoms with E-state index in [-0.39, 0.29) is 6.10 Å². The fourth-order valence-electron chi connectivity index (χ4n) is 2.07. The lowest BCUT2D eigenvalue weighted by Crippen LogP contribution is -2.15. The Balaban J connectivity index is 2.41. The highest BCUT2D eigenvalue weighted by molar-refractivity contribution is 5.57. The molecule has 1 unspecified atom stereocenters. The second kappa shape index (κ2) is 6.05. The maximum atomic E-state index is 5.36. The van der Waals surface area contributed by atoms with E-state index in [0.717, 1.165) is 29.4 Å². The van der Waals surface area contributed by atoms with Gasteiger partial charge in [-0.1, -0.05) is 18.2 Å². The van der Waals surface area contributed by atoms with Crippen LogP contribution in [0.3, 0.4) is 0 Å². The van der Waals surface area contributed by atoms with Gasteiger partial charge in [0.15, 0.2) is 5.82 Å². The van der Waals surface area contributed by atoms with Crippen LogP contribution < -0.4 is 4.90 Å². The Morgan fingerprint density at radius 3 is 2.65 bits per heavy atom. The van der Waals surface area contributed by atoms with E-state index in [1.165, 1.54) is 0 Å². The highest BCUT2D eigenvalue weighted by Crippen LogP contribution is 2.24. The number of hydrogen-bond acceptors (Lipinski definition) is 4. The predicted molar refractivity (Wildman–Crippen MR) is 80.9 cm³/mol. The SMILES string of the molecule is CCn1nc(-c2cccc(C(C)OC)c2)nc1N(C)C. The molecule has 0 N–H and O–H groups in total. The minimum absolute atomic E-state index is 0.0662. The van der Waals surface area contributed by atoms with Crippen molar-refractivity contribution in [1.82, 2.24) is 14.8 Å². The van der Waals surface area contributed by atoms with Crippen molar-refractivity contribution >= 4 is 5.95 Å². The molecule has 0 saturated carbocycles.